The number of hydrogen-bond acceptors (Lipinski definition) is 5. The Morgan fingerprint density at radius 2 is 1.97 bits per heavy atom. The Hall–Kier alpha value is -2.69. The van der Waals surface area contributed by atoms with Gasteiger partial charge in [0.15, 0.2) is 6.23 Å². The molecule has 0 aliphatic rings. The van der Waals surface area contributed by atoms with Crippen LogP contribution in [0.2, 0.25) is 0 Å². The van der Waals surface area contributed by atoms with E-state index >= 15 is 0 Å². The second-order valence-corrected chi connectivity index (χ2v) is 6.45. The molecule has 0 fully saturated rings. The number of amides is 1. The molecule has 11 heteroatoms. The average Bonchev–Trinajstić information content (AvgIpc) is 3.04. The van der Waals surface area contributed by atoms with Crippen molar-refractivity contribution in [2.24, 2.45) is 5.73 Å². The van der Waals surface area contributed by atoms with Crippen LogP contribution in [0.5, 0.6) is 0 Å². The quantitative estimate of drug-likeness (QED) is 0.384. The molecule has 0 saturated carbocycles. The molecule has 160 valence electrons. The molecule has 29 heavy (non-hydrogen) atoms. The Kier molecular flexibility index (Phi) is 7.17. The first-order valence-electron chi connectivity index (χ1n) is 9.05. The molecule has 2 rings (SSSR count). The molecule has 1 amide bonds. The van der Waals surface area contributed by atoms with Crippen molar-refractivity contribution >= 4 is 22.8 Å². The van der Waals surface area contributed by atoms with Gasteiger partial charge in [-0.25, -0.2) is 9.18 Å². The number of halogens is 4. The molecule has 0 spiro atoms. The van der Waals surface area contributed by atoms with E-state index in [1.165, 1.54) is 16.9 Å². The number of primary amides is 1. The Bertz CT molecular complexity index is 882. The monoisotopic (exact) mass is 418 g/mol. The molecular formula is C18H22F4N4O3. The van der Waals surface area contributed by atoms with E-state index in [0.29, 0.717) is 18.4 Å². The summed E-state index contributed by atoms with van der Waals surface area (Å²) in [5, 5.41) is 4.60. The second kappa shape index (κ2) is 9.21. The highest BCUT2D eigenvalue weighted by Crippen LogP contribution is 2.21. The van der Waals surface area contributed by atoms with Crippen LogP contribution in [0.3, 0.4) is 0 Å². The van der Waals surface area contributed by atoms with Crippen LogP contribution in [0.25, 0.3) is 10.9 Å². The Balaban J connectivity index is 2.18. The lowest BCUT2D eigenvalue weighted by molar-refractivity contribution is -0.213. The fourth-order valence-corrected chi connectivity index (χ4v) is 2.97. The fourth-order valence-electron chi connectivity index (χ4n) is 2.97. The zero-order valence-corrected chi connectivity index (χ0v) is 16.0. The molecule has 0 saturated heterocycles. The number of ether oxygens (including phenoxy) is 1. The van der Waals surface area contributed by atoms with Gasteiger partial charge in [0, 0.05) is 24.7 Å². The van der Waals surface area contributed by atoms with Crippen molar-refractivity contribution in [1.82, 2.24) is 14.7 Å². The van der Waals surface area contributed by atoms with Crippen molar-refractivity contribution in [2.45, 2.75) is 45.6 Å². The molecule has 0 aliphatic carbocycles. The molecule has 2 aromatic rings. The lowest BCUT2D eigenvalue weighted by atomic mass is 10.1. The molecule has 0 radical (unpaired) electrons. The number of carbonyl (C=O) groups is 2. The molecule has 2 N–H and O–H groups in total. The summed E-state index contributed by atoms with van der Waals surface area (Å²) in [4.78, 5) is 24.3. The minimum absolute atomic E-state index is 0.0605. The van der Waals surface area contributed by atoms with E-state index in [1.54, 1.807) is 11.8 Å². The number of nitrogens with two attached hydrogens (primary N) is 1. The van der Waals surface area contributed by atoms with Gasteiger partial charge < -0.3 is 10.5 Å². The van der Waals surface area contributed by atoms with Crippen LogP contribution in [0.1, 0.15) is 37.0 Å². The van der Waals surface area contributed by atoms with E-state index < -0.39 is 30.1 Å². The third-order valence-electron chi connectivity index (χ3n) is 4.24. The van der Waals surface area contributed by atoms with E-state index in [9.17, 15) is 27.2 Å². The van der Waals surface area contributed by atoms with Gasteiger partial charge in [-0.1, -0.05) is 13.8 Å². The number of nitrogens with zero attached hydrogens (tertiary/aromatic N) is 3. The van der Waals surface area contributed by atoms with Crippen LogP contribution < -0.4 is 5.73 Å². The molecule has 0 aliphatic heterocycles. The van der Waals surface area contributed by atoms with Gasteiger partial charge in [-0.2, -0.15) is 18.3 Å². The van der Waals surface area contributed by atoms with Gasteiger partial charge in [0.25, 0.3) is 5.91 Å². The van der Waals surface area contributed by atoms with Crippen LogP contribution in [0.15, 0.2) is 18.3 Å². The molecular weight excluding hydrogens is 396 g/mol. The van der Waals surface area contributed by atoms with Crippen LogP contribution in [0.4, 0.5) is 17.6 Å². The van der Waals surface area contributed by atoms with E-state index in [0.717, 1.165) is 6.07 Å². The minimum atomic E-state index is -5.07. The number of alkyl halides is 3. The number of aromatic nitrogens is 2. The first-order valence-corrected chi connectivity index (χ1v) is 9.05. The highest BCUT2D eigenvalue weighted by atomic mass is 19.4. The van der Waals surface area contributed by atoms with Crippen LogP contribution >= 0.6 is 0 Å². The smallest absolute Gasteiger partial charge is 0.440 e. The molecule has 1 atom stereocenters. The first kappa shape index (κ1) is 22.6. The zero-order valence-electron chi connectivity index (χ0n) is 16.0. The van der Waals surface area contributed by atoms with Gasteiger partial charge >= 0.3 is 12.1 Å². The molecule has 1 aromatic heterocycles. The average molecular weight is 418 g/mol. The van der Waals surface area contributed by atoms with Crippen molar-refractivity contribution in [3.8, 4) is 0 Å². The maximum absolute atomic E-state index is 13.7. The summed E-state index contributed by atoms with van der Waals surface area (Å²) in [5.74, 6) is -3.70. The number of hydrogen-bond donors (Lipinski definition) is 1. The van der Waals surface area contributed by atoms with Crippen LogP contribution in [-0.2, 0) is 16.1 Å². The largest absolute Gasteiger partial charge is 0.490 e. The van der Waals surface area contributed by atoms with E-state index in [4.69, 9.17) is 5.73 Å². The van der Waals surface area contributed by atoms with E-state index in [1.807, 2.05) is 6.92 Å². The molecule has 1 unspecified atom stereocenters. The van der Waals surface area contributed by atoms with Crippen LogP contribution in [0, 0.1) is 5.82 Å². The van der Waals surface area contributed by atoms with Crippen molar-refractivity contribution < 1.29 is 31.9 Å². The van der Waals surface area contributed by atoms with E-state index in [2.05, 4.69) is 9.84 Å². The molecule has 7 nitrogen and oxygen atoms in total. The first-order chi connectivity index (χ1) is 13.6. The second-order valence-electron chi connectivity index (χ2n) is 6.45. The van der Waals surface area contributed by atoms with Crippen LogP contribution in [-0.4, -0.2) is 52.1 Å². The zero-order chi connectivity index (χ0) is 21.8. The maximum atomic E-state index is 13.7. The summed E-state index contributed by atoms with van der Waals surface area (Å²) in [5.41, 5.74) is 5.43. The number of fused-ring (bicyclic) bond motifs is 1. The lowest BCUT2D eigenvalue weighted by Crippen LogP contribution is -2.43. The number of rotatable bonds is 9. The van der Waals surface area contributed by atoms with Gasteiger partial charge in [0.05, 0.1) is 12.1 Å². The Morgan fingerprint density at radius 3 is 2.52 bits per heavy atom. The fraction of sp³-hybridized carbons (Fsp3) is 0.500. The summed E-state index contributed by atoms with van der Waals surface area (Å²) in [7, 11) is 0. The molecule has 0 bridgehead atoms. The van der Waals surface area contributed by atoms with Gasteiger partial charge in [0.2, 0.25) is 0 Å². The normalized spacial score (nSPS) is 13.1. The third-order valence-corrected chi connectivity index (χ3v) is 4.24. The highest BCUT2D eigenvalue weighted by Gasteiger charge is 2.42. The summed E-state index contributed by atoms with van der Waals surface area (Å²) >= 11 is 0. The topological polar surface area (TPSA) is 90.5 Å². The summed E-state index contributed by atoms with van der Waals surface area (Å²) < 4.78 is 57.3. The van der Waals surface area contributed by atoms with E-state index in [-0.39, 0.29) is 30.6 Å². The molecule has 1 heterocycles. The summed E-state index contributed by atoms with van der Waals surface area (Å²) in [6, 6.07) is 2.20. The van der Waals surface area contributed by atoms with Gasteiger partial charge in [-0.3, -0.25) is 14.4 Å². The SMILES string of the molecule is CCCN(CCn1cc2cc(F)cc(C(N)=O)c2n1)C(CC)OC(=O)C(F)(F)F. The number of carbonyl (C=O) groups excluding carboxylic acids is 2. The highest BCUT2D eigenvalue weighted by molar-refractivity contribution is 6.04. The minimum Gasteiger partial charge on any atom is -0.440 e. The Labute approximate surface area is 164 Å². The number of benzene rings is 1. The van der Waals surface area contributed by atoms with Gasteiger partial charge in [-0.15, -0.1) is 0 Å². The predicted octanol–water partition coefficient (Wildman–Crippen LogP) is 2.83. The van der Waals surface area contributed by atoms with Crippen molar-refractivity contribution in [3.63, 3.8) is 0 Å². The number of esters is 1. The van der Waals surface area contributed by atoms with Gasteiger partial charge in [-0.05, 0) is 25.0 Å². The standard InChI is InChI=1S/C18H22F4N4O3/c1-3-5-25(14(4-2)29-17(28)18(20,21)22)6-7-26-10-11-8-12(19)9-13(16(23)27)15(11)24-26/h8-10,14H,3-7H2,1-2H3,(H2,23,27). The summed E-state index contributed by atoms with van der Waals surface area (Å²) in [6.07, 6.45) is -3.82. The Morgan fingerprint density at radius 1 is 1.28 bits per heavy atom. The van der Waals surface area contributed by atoms with Gasteiger partial charge in [0.1, 0.15) is 11.3 Å². The molecule has 1 aromatic carbocycles. The van der Waals surface area contributed by atoms with Crippen molar-refractivity contribution in [2.75, 3.05) is 13.1 Å². The van der Waals surface area contributed by atoms with Crippen molar-refractivity contribution in [1.29, 1.82) is 0 Å². The third kappa shape index (κ3) is 5.66. The van der Waals surface area contributed by atoms with Crippen molar-refractivity contribution in [3.05, 3.63) is 29.7 Å². The predicted molar refractivity (Wildman–Crippen MR) is 96.3 cm³/mol. The summed E-state index contributed by atoms with van der Waals surface area (Å²) in [6.45, 7) is 4.29. The lowest BCUT2D eigenvalue weighted by Gasteiger charge is -2.30. The maximum Gasteiger partial charge on any atom is 0.490 e.